The first kappa shape index (κ1) is 15.3. The van der Waals surface area contributed by atoms with Gasteiger partial charge in [0.1, 0.15) is 12.2 Å². The molecule has 1 N–H and O–H groups in total. The van der Waals surface area contributed by atoms with Crippen molar-refractivity contribution >= 4 is 29.1 Å². The number of halogens is 2. The molecule has 3 nitrogen and oxygen atoms in total. The molecular formula is C17H15Cl2NO2. The quantitative estimate of drug-likeness (QED) is 0.897. The Morgan fingerprint density at radius 1 is 1.05 bits per heavy atom. The lowest BCUT2D eigenvalue weighted by Crippen LogP contribution is -2.51. The fourth-order valence-electron chi connectivity index (χ4n) is 2.73. The van der Waals surface area contributed by atoms with E-state index in [0.29, 0.717) is 10.0 Å². The number of rotatable bonds is 2. The predicted octanol–water partition coefficient (Wildman–Crippen LogP) is 4.10. The molecule has 1 amide bonds. The highest BCUT2D eigenvalue weighted by Gasteiger charge is 2.42. The van der Waals surface area contributed by atoms with Crippen LogP contribution in [0.2, 0.25) is 10.0 Å². The Morgan fingerprint density at radius 3 is 2.18 bits per heavy atom. The van der Waals surface area contributed by atoms with Crippen molar-refractivity contribution in [3.8, 4) is 0 Å². The van der Waals surface area contributed by atoms with E-state index in [9.17, 15) is 4.79 Å². The van der Waals surface area contributed by atoms with Gasteiger partial charge < -0.3 is 10.1 Å². The van der Waals surface area contributed by atoms with E-state index in [1.54, 1.807) is 12.1 Å². The number of benzene rings is 2. The number of ether oxygens (including phenoxy) is 1. The van der Waals surface area contributed by atoms with Crippen LogP contribution in [0.3, 0.4) is 0 Å². The Hall–Kier alpha value is -1.55. The Labute approximate surface area is 139 Å². The van der Waals surface area contributed by atoms with E-state index in [4.69, 9.17) is 27.9 Å². The monoisotopic (exact) mass is 335 g/mol. The lowest BCUT2D eigenvalue weighted by atomic mass is 9.83. The molecule has 114 valence electrons. The second-order valence-electron chi connectivity index (χ2n) is 5.45. The van der Waals surface area contributed by atoms with Gasteiger partial charge in [0.25, 0.3) is 0 Å². The van der Waals surface area contributed by atoms with Gasteiger partial charge in [-0.2, -0.15) is 0 Å². The van der Waals surface area contributed by atoms with Crippen LogP contribution in [0.5, 0.6) is 0 Å². The fourth-order valence-corrected chi connectivity index (χ4v) is 2.98. The Balaban J connectivity index is 2.04. The summed E-state index contributed by atoms with van der Waals surface area (Å²) < 4.78 is 5.91. The van der Waals surface area contributed by atoms with E-state index in [2.05, 4.69) is 5.32 Å². The molecule has 0 spiro atoms. The highest BCUT2D eigenvalue weighted by atomic mass is 35.5. The summed E-state index contributed by atoms with van der Waals surface area (Å²) in [5.41, 5.74) is 1.22. The third-order valence-electron chi connectivity index (χ3n) is 3.98. The van der Waals surface area contributed by atoms with Crippen molar-refractivity contribution in [3.05, 3.63) is 69.7 Å². The van der Waals surface area contributed by atoms with Crippen molar-refractivity contribution in [2.45, 2.75) is 18.6 Å². The van der Waals surface area contributed by atoms with Crippen molar-refractivity contribution in [2.75, 3.05) is 6.61 Å². The average molecular weight is 336 g/mol. The topological polar surface area (TPSA) is 38.3 Å². The summed E-state index contributed by atoms with van der Waals surface area (Å²) in [6.07, 6.45) is 0. The van der Waals surface area contributed by atoms with Crippen LogP contribution in [0.1, 0.15) is 24.1 Å². The summed E-state index contributed by atoms with van der Waals surface area (Å²) in [5.74, 6) is -0.133. The maximum Gasteiger partial charge on any atom is 0.246 e. The predicted molar refractivity (Wildman–Crippen MR) is 87.1 cm³/mol. The van der Waals surface area contributed by atoms with Gasteiger partial charge in [-0.1, -0.05) is 47.5 Å². The number of hydrogen-bond donors (Lipinski definition) is 1. The molecule has 1 aliphatic heterocycles. The first-order chi connectivity index (χ1) is 10.5. The number of hydrogen-bond acceptors (Lipinski definition) is 2. The van der Waals surface area contributed by atoms with Gasteiger partial charge in [-0.05, 0) is 42.3 Å². The summed E-state index contributed by atoms with van der Waals surface area (Å²) >= 11 is 11.9. The molecule has 0 bridgehead atoms. The summed E-state index contributed by atoms with van der Waals surface area (Å²) in [5, 5.41) is 4.33. The zero-order chi connectivity index (χ0) is 15.7. The summed E-state index contributed by atoms with van der Waals surface area (Å²) in [7, 11) is 0. The van der Waals surface area contributed by atoms with Gasteiger partial charge in [-0.25, -0.2) is 0 Å². The van der Waals surface area contributed by atoms with Crippen LogP contribution in [-0.2, 0) is 15.1 Å². The van der Waals surface area contributed by atoms with Crippen LogP contribution in [0.15, 0.2) is 48.5 Å². The van der Waals surface area contributed by atoms with Crippen molar-refractivity contribution in [1.82, 2.24) is 5.32 Å². The number of carbonyl (C=O) groups is 1. The first-order valence-corrected chi connectivity index (χ1v) is 7.69. The molecule has 0 unspecified atom stereocenters. The molecule has 0 saturated carbocycles. The maximum absolute atomic E-state index is 11.8. The molecule has 3 rings (SSSR count). The highest BCUT2D eigenvalue weighted by molar-refractivity contribution is 6.30. The zero-order valence-corrected chi connectivity index (χ0v) is 13.5. The molecule has 5 heteroatoms. The minimum Gasteiger partial charge on any atom is -0.358 e. The van der Waals surface area contributed by atoms with E-state index in [-0.39, 0.29) is 18.6 Å². The number of carbonyl (C=O) groups excluding carboxylic acids is 1. The maximum atomic E-state index is 11.8. The molecule has 0 radical (unpaired) electrons. The first-order valence-electron chi connectivity index (χ1n) is 6.94. The Bertz CT molecular complexity index is 685. The molecule has 22 heavy (non-hydrogen) atoms. The van der Waals surface area contributed by atoms with Gasteiger partial charge >= 0.3 is 0 Å². The second kappa shape index (κ2) is 5.92. The van der Waals surface area contributed by atoms with Crippen molar-refractivity contribution < 1.29 is 9.53 Å². The largest absolute Gasteiger partial charge is 0.358 e. The molecule has 1 fully saturated rings. The van der Waals surface area contributed by atoms with Crippen molar-refractivity contribution in [1.29, 1.82) is 0 Å². The van der Waals surface area contributed by atoms with Crippen LogP contribution in [0, 0.1) is 0 Å². The van der Waals surface area contributed by atoms with E-state index < -0.39 is 5.60 Å². The highest BCUT2D eigenvalue weighted by Crippen LogP contribution is 2.41. The smallest absolute Gasteiger partial charge is 0.246 e. The average Bonchev–Trinajstić information content (AvgIpc) is 2.51. The third-order valence-corrected chi connectivity index (χ3v) is 4.48. The van der Waals surface area contributed by atoms with Gasteiger partial charge in [0.15, 0.2) is 0 Å². The van der Waals surface area contributed by atoms with Crippen molar-refractivity contribution in [3.63, 3.8) is 0 Å². The number of nitrogens with one attached hydrogen (secondary N) is 1. The molecular weight excluding hydrogens is 321 g/mol. The molecule has 0 aromatic heterocycles. The normalized spacial score (nSPS) is 24.9. The van der Waals surface area contributed by atoms with Crippen LogP contribution in [-0.4, -0.2) is 12.5 Å². The summed E-state index contributed by atoms with van der Waals surface area (Å²) in [4.78, 5) is 11.8. The van der Waals surface area contributed by atoms with Crippen LogP contribution >= 0.6 is 23.2 Å². The van der Waals surface area contributed by atoms with Gasteiger partial charge in [0.2, 0.25) is 5.91 Å². The van der Waals surface area contributed by atoms with E-state index in [1.807, 2.05) is 43.3 Å². The lowest BCUT2D eigenvalue weighted by Gasteiger charge is -2.42. The zero-order valence-electron chi connectivity index (χ0n) is 12.0. The SMILES string of the molecule is C[C@@]1(c2ccc(Cl)cc2)OCC(=O)N[C@@H]1c1ccc(Cl)cc1. The van der Waals surface area contributed by atoms with Gasteiger partial charge in [0, 0.05) is 10.0 Å². The molecule has 0 aliphatic carbocycles. The standard InChI is InChI=1S/C17H15Cl2NO2/c1-17(12-4-8-14(19)9-5-12)16(20-15(21)10-22-17)11-2-6-13(18)7-3-11/h2-9,16H,10H2,1H3,(H,20,21)/t16-,17+/m1/s1. The minimum atomic E-state index is -0.674. The van der Waals surface area contributed by atoms with E-state index in [1.165, 1.54) is 0 Å². The summed E-state index contributed by atoms with van der Waals surface area (Å²) in [6.45, 7) is 2.00. The fraction of sp³-hybridized carbons (Fsp3) is 0.235. The second-order valence-corrected chi connectivity index (χ2v) is 6.33. The molecule has 1 heterocycles. The molecule has 1 aliphatic rings. The lowest BCUT2D eigenvalue weighted by molar-refractivity contribution is -0.151. The van der Waals surface area contributed by atoms with Gasteiger partial charge in [-0.3, -0.25) is 4.79 Å². The minimum absolute atomic E-state index is 0.0310. The molecule has 2 atom stereocenters. The van der Waals surface area contributed by atoms with Crippen LogP contribution < -0.4 is 5.32 Å². The van der Waals surface area contributed by atoms with Gasteiger partial charge in [-0.15, -0.1) is 0 Å². The van der Waals surface area contributed by atoms with E-state index >= 15 is 0 Å². The Kier molecular flexibility index (Phi) is 4.13. The Morgan fingerprint density at radius 2 is 1.59 bits per heavy atom. The molecule has 2 aromatic carbocycles. The molecule has 2 aromatic rings. The van der Waals surface area contributed by atoms with Crippen molar-refractivity contribution in [2.24, 2.45) is 0 Å². The molecule has 1 saturated heterocycles. The number of amides is 1. The van der Waals surface area contributed by atoms with Crippen LogP contribution in [0.4, 0.5) is 0 Å². The van der Waals surface area contributed by atoms with E-state index in [0.717, 1.165) is 11.1 Å². The van der Waals surface area contributed by atoms with Gasteiger partial charge in [0.05, 0.1) is 6.04 Å². The summed E-state index contributed by atoms with van der Waals surface area (Å²) in [6, 6.07) is 14.6. The number of morpholine rings is 1. The van der Waals surface area contributed by atoms with Crippen LogP contribution in [0.25, 0.3) is 0 Å². The third kappa shape index (κ3) is 2.84.